The van der Waals surface area contributed by atoms with E-state index in [1.807, 2.05) is 48.5 Å². The lowest BCUT2D eigenvalue weighted by atomic mass is 10.2. The molecule has 0 heterocycles. The van der Waals surface area contributed by atoms with Gasteiger partial charge >= 0.3 is 0 Å². The van der Waals surface area contributed by atoms with Crippen molar-refractivity contribution < 1.29 is 4.74 Å². The zero-order valence-corrected chi connectivity index (χ0v) is 12.6. The summed E-state index contributed by atoms with van der Waals surface area (Å²) in [7, 11) is 0. The zero-order valence-electron chi connectivity index (χ0n) is 12.6. The first-order valence-electron chi connectivity index (χ1n) is 7.60. The van der Waals surface area contributed by atoms with E-state index in [-0.39, 0.29) is 0 Å². The highest BCUT2D eigenvalue weighted by Gasteiger charge is 2.03. The zero-order chi connectivity index (χ0) is 14.9. The summed E-state index contributed by atoms with van der Waals surface area (Å²) in [6.45, 7) is 3.65. The summed E-state index contributed by atoms with van der Waals surface area (Å²) in [6, 6.07) is 15.9. The molecule has 0 spiro atoms. The van der Waals surface area contributed by atoms with Crippen LogP contribution in [0.3, 0.4) is 0 Å². The largest absolute Gasteiger partial charge is 0.491 e. The maximum atomic E-state index is 5.97. The van der Waals surface area contributed by atoms with E-state index in [1.54, 1.807) is 0 Å². The Hall–Kier alpha value is -2.16. The van der Waals surface area contributed by atoms with Gasteiger partial charge in [-0.15, -0.1) is 0 Å². The van der Waals surface area contributed by atoms with Crippen LogP contribution in [0, 0.1) is 0 Å². The average Bonchev–Trinajstić information content (AvgIpc) is 2.52. The van der Waals surface area contributed by atoms with Crippen molar-refractivity contribution in [3.8, 4) is 5.75 Å². The first kappa shape index (κ1) is 15.2. The van der Waals surface area contributed by atoms with Crippen LogP contribution in [-0.2, 0) is 6.54 Å². The van der Waals surface area contributed by atoms with Crippen LogP contribution in [0.1, 0.15) is 31.7 Å². The van der Waals surface area contributed by atoms with Gasteiger partial charge in [0.05, 0.1) is 12.3 Å². The molecule has 2 aromatic carbocycles. The van der Waals surface area contributed by atoms with E-state index >= 15 is 0 Å². The monoisotopic (exact) mass is 284 g/mol. The summed E-state index contributed by atoms with van der Waals surface area (Å²) in [6.07, 6.45) is 3.50. The van der Waals surface area contributed by atoms with Crippen LogP contribution in [0.15, 0.2) is 48.5 Å². The predicted octanol–water partition coefficient (Wildman–Crippen LogP) is 4.45. The number of rotatable bonds is 8. The lowest BCUT2D eigenvalue weighted by molar-refractivity contribution is 0.307. The Morgan fingerprint density at radius 1 is 1.00 bits per heavy atom. The topological polar surface area (TPSA) is 47.3 Å². The Labute approximate surface area is 127 Å². The fourth-order valence-electron chi connectivity index (χ4n) is 2.16. The molecule has 0 bridgehead atoms. The molecule has 0 aliphatic rings. The fraction of sp³-hybridized carbons (Fsp3) is 0.333. The van der Waals surface area contributed by atoms with Gasteiger partial charge in [0.25, 0.3) is 0 Å². The van der Waals surface area contributed by atoms with Crippen molar-refractivity contribution in [1.82, 2.24) is 0 Å². The number of benzene rings is 2. The molecule has 0 unspecified atom stereocenters. The minimum Gasteiger partial charge on any atom is -0.491 e. The summed E-state index contributed by atoms with van der Waals surface area (Å²) in [5, 5.41) is 3.41. The number of ether oxygens (including phenoxy) is 1. The molecule has 3 heteroatoms. The van der Waals surface area contributed by atoms with Crippen LogP contribution >= 0.6 is 0 Å². The molecule has 0 aliphatic carbocycles. The molecule has 0 aliphatic heterocycles. The number of nitrogens with two attached hydrogens (primary N) is 1. The number of hydrogen-bond donors (Lipinski definition) is 2. The SMILES string of the molecule is CCCCCOc1ccccc1NCc1ccccc1N. The van der Waals surface area contributed by atoms with Gasteiger partial charge in [0.1, 0.15) is 5.75 Å². The minimum atomic E-state index is 0.696. The summed E-state index contributed by atoms with van der Waals surface area (Å²) in [5.41, 5.74) is 8.88. The van der Waals surface area contributed by atoms with Crippen molar-refractivity contribution in [3.05, 3.63) is 54.1 Å². The van der Waals surface area contributed by atoms with Gasteiger partial charge in [-0.2, -0.15) is 0 Å². The summed E-state index contributed by atoms with van der Waals surface area (Å²) in [5.74, 6) is 0.906. The smallest absolute Gasteiger partial charge is 0.142 e. The third-order valence-electron chi connectivity index (χ3n) is 3.42. The Kier molecular flexibility index (Phi) is 5.95. The molecule has 0 saturated carbocycles. The van der Waals surface area contributed by atoms with Gasteiger partial charge in [-0.1, -0.05) is 50.1 Å². The van der Waals surface area contributed by atoms with Crippen LogP contribution in [0.25, 0.3) is 0 Å². The quantitative estimate of drug-likeness (QED) is 0.556. The summed E-state index contributed by atoms with van der Waals surface area (Å²) >= 11 is 0. The molecule has 0 saturated heterocycles. The van der Waals surface area contributed by atoms with Crippen molar-refractivity contribution >= 4 is 11.4 Å². The van der Waals surface area contributed by atoms with Crippen LogP contribution in [0.2, 0.25) is 0 Å². The lowest BCUT2D eigenvalue weighted by Gasteiger charge is -2.14. The number of hydrogen-bond acceptors (Lipinski definition) is 3. The Morgan fingerprint density at radius 3 is 2.57 bits per heavy atom. The Bertz CT molecular complexity index is 554. The van der Waals surface area contributed by atoms with Crippen LogP contribution < -0.4 is 15.8 Å². The van der Waals surface area contributed by atoms with E-state index in [0.717, 1.165) is 35.7 Å². The second kappa shape index (κ2) is 8.20. The predicted molar refractivity (Wildman–Crippen MR) is 89.6 cm³/mol. The first-order chi connectivity index (χ1) is 10.3. The summed E-state index contributed by atoms with van der Waals surface area (Å²) in [4.78, 5) is 0. The van der Waals surface area contributed by atoms with Gasteiger partial charge in [-0.05, 0) is 30.2 Å². The normalized spacial score (nSPS) is 10.3. The van der Waals surface area contributed by atoms with E-state index in [0.29, 0.717) is 6.54 Å². The van der Waals surface area contributed by atoms with Crippen LogP contribution in [0.4, 0.5) is 11.4 Å². The van der Waals surface area contributed by atoms with Crippen molar-refractivity contribution in [1.29, 1.82) is 0 Å². The highest BCUT2D eigenvalue weighted by molar-refractivity contribution is 5.57. The summed E-state index contributed by atoms with van der Waals surface area (Å²) < 4.78 is 5.86. The number of anilines is 2. The molecule has 2 aromatic rings. The highest BCUT2D eigenvalue weighted by atomic mass is 16.5. The maximum Gasteiger partial charge on any atom is 0.142 e. The molecular weight excluding hydrogens is 260 g/mol. The van der Waals surface area contributed by atoms with E-state index < -0.39 is 0 Å². The molecule has 21 heavy (non-hydrogen) atoms. The van der Waals surface area contributed by atoms with E-state index in [2.05, 4.69) is 12.2 Å². The fourth-order valence-corrected chi connectivity index (χ4v) is 2.16. The van der Waals surface area contributed by atoms with Gasteiger partial charge in [-0.25, -0.2) is 0 Å². The number of nitrogens with one attached hydrogen (secondary N) is 1. The molecule has 0 radical (unpaired) electrons. The van der Waals surface area contributed by atoms with Crippen molar-refractivity contribution in [2.75, 3.05) is 17.7 Å². The second-order valence-corrected chi connectivity index (χ2v) is 5.10. The average molecular weight is 284 g/mol. The van der Waals surface area contributed by atoms with Crippen molar-refractivity contribution in [3.63, 3.8) is 0 Å². The first-order valence-corrected chi connectivity index (χ1v) is 7.60. The molecule has 0 amide bonds. The molecule has 2 rings (SSSR count). The van der Waals surface area contributed by atoms with Gasteiger partial charge in [0.2, 0.25) is 0 Å². The van der Waals surface area contributed by atoms with Gasteiger partial charge in [-0.3, -0.25) is 0 Å². The molecule has 0 aromatic heterocycles. The Morgan fingerprint density at radius 2 is 1.76 bits per heavy atom. The highest BCUT2D eigenvalue weighted by Crippen LogP contribution is 2.25. The molecule has 0 fully saturated rings. The standard InChI is InChI=1S/C18H24N2O/c1-2-3-8-13-21-18-12-7-6-11-17(18)20-14-15-9-4-5-10-16(15)19/h4-7,9-12,20H,2-3,8,13-14,19H2,1H3. The van der Waals surface area contributed by atoms with Crippen molar-refractivity contribution in [2.24, 2.45) is 0 Å². The molecule has 0 atom stereocenters. The maximum absolute atomic E-state index is 5.97. The van der Waals surface area contributed by atoms with Crippen LogP contribution in [0.5, 0.6) is 5.75 Å². The van der Waals surface area contributed by atoms with Gasteiger partial charge < -0.3 is 15.8 Å². The third kappa shape index (κ3) is 4.71. The third-order valence-corrected chi connectivity index (χ3v) is 3.42. The lowest BCUT2D eigenvalue weighted by Crippen LogP contribution is -2.05. The Balaban J connectivity index is 1.95. The van der Waals surface area contributed by atoms with E-state index in [9.17, 15) is 0 Å². The van der Waals surface area contributed by atoms with Gasteiger partial charge in [0, 0.05) is 12.2 Å². The molecule has 3 N–H and O–H groups in total. The van der Waals surface area contributed by atoms with E-state index in [4.69, 9.17) is 10.5 Å². The molecule has 3 nitrogen and oxygen atoms in total. The number of para-hydroxylation sites is 3. The van der Waals surface area contributed by atoms with Gasteiger partial charge in [0.15, 0.2) is 0 Å². The van der Waals surface area contributed by atoms with Crippen molar-refractivity contribution in [2.45, 2.75) is 32.7 Å². The number of nitrogen functional groups attached to an aromatic ring is 1. The second-order valence-electron chi connectivity index (χ2n) is 5.10. The number of unbranched alkanes of at least 4 members (excludes halogenated alkanes) is 2. The van der Waals surface area contributed by atoms with E-state index in [1.165, 1.54) is 12.8 Å². The minimum absolute atomic E-state index is 0.696. The van der Waals surface area contributed by atoms with Crippen LogP contribution in [-0.4, -0.2) is 6.61 Å². The molecular formula is C18H24N2O. The molecule has 112 valence electrons.